The van der Waals surface area contributed by atoms with E-state index >= 15 is 0 Å². The van der Waals surface area contributed by atoms with E-state index in [9.17, 15) is 18.5 Å². The van der Waals surface area contributed by atoms with Gasteiger partial charge in [-0.2, -0.15) is 9.57 Å². The number of hydrogen-bond donors (Lipinski definition) is 0. The Morgan fingerprint density at radius 1 is 1.04 bits per heavy atom. The Morgan fingerprint density at radius 2 is 1.64 bits per heavy atom. The first-order chi connectivity index (χ1) is 13.5. The van der Waals surface area contributed by atoms with Gasteiger partial charge in [0.2, 0.25) is 10.0 Å². The molecule has 1 aliphatic heterocycles. The number of benzene rings is 2. The molecule has 0 amide bonds. The maximum absolute atomic E-state index is 12.9. The van der Waals surface area contributed by atoms with Gasteiger partial charge in [-0.05, 0) is 29.8 Å². The molecule has 1 heterocycles. The van der Waals surface area contributed by atoms with Crippen LogP contribution >= 0.6 is 0 Å². The lowest BCUT2D eigenvalue weighted by Gasteiger charge is -2.36. The number of nitriles is 1. The maximum atomic E-state index is 12.9. The van der Waals surface area contributed by atoms with Crippen LogP contribution in [0.25, 0.3) is 0 Å². The quantitative estimate of drug-likeness (QED) is 0.715. The third-order valence-corrected chi connectivity index (χ3v) is 6.70. The highest BCUT2D eigenvalue weighted by Gasteiger charge is 2.31. The van der Waals surface area contributed by atoms with Crippen LogP contribution in [-0.4, -0.2) is 56.9 Å². The third kappa shape index (κ3) is 4.07. The number of methoxy groups -OCH3 is 1. The first-order valence-electron chi connectivity index (χ1n) is 8.84. The molecule has 1 fully saturated rings. The van der Waals surface area contributed by atoms with Gasteiger partial charge in [0.05, 0.1) is 23.6 Å². The van der Waals surface area contributed by atoms with E-state index in [4.69, 9.17) is 0 Å². The Labute approximate surface area is 164 Å². The van der Waals surface area contributed by atoms with Crippen molar-refractivity contribution in [3.63, 3.8) is 0 Å². The van der Waals surface area contributed by atoms with E-state index in [0.717, 1.165) is 5.56 Å². The molecule has 0 aliphatic carbocycles. The molecule has 3 rings (SSSR count). The van der Waals surface area contributed by atoms with Crippen molar-refractivity contribution < 1.29 is 17.9 Å². The zero-order valence-corrected chi connectivity index (χ0v) is 16.3. The van der Waals surface area contributed by atoms with E-state index in [1.54, 1.807) is 0 Å². The molecule has 1 atom stereocenters. The summed E-state index contributed by atoms with van der Waals surface area (Å²) in [7, 11) is -2.39. The summed E-state index contributed by atoms with van der Waals surface area (Å²) < 4.78 is 31.8. The topological polar surface area (TPSA) is 90.7 Å². The van der Waals surface area contributed by atoms with Gasteiger partial charge in [-0.1, -0.05) is 30.3 Å². The molecular formula is C20H21N3O4S. The Hall–Kier alpha value is -2.73. The van der Waals surface area contributed by atoms with Crippen LogP contribution in [0.4, 0.5) is 0 Å². The van der Waals surface area contributed by atoms with Gasteiger partial charge in [0, 0.05) is 26.2 Å². The van der Waals surface area contributed by atoms with Crippen molar-refractivity contribution in [3.8, 4) is 6.07 Å². The fourth-order valence-corrected chi connectivity index (χ4v) is 4.66. The van der Waals surface area contributed by atoms with Crippen LogP contribution in [0.3, 0.4) is 0 Å². The average molecular weight is 399 g/mol. The minimum Gasteiger partial charge on any atom is -0.465 e. The molecule has 0 N–H and O–H groups in total. The fourth-order valence-electron chi connectivity index (χ4n) is 3.23. The van der Waals surface area contributed by atoms with E-state index in [2.05, 4.69) is 10.8 Å². The molecule has 0 radical (unpaired) electrons. The van der Waals surface area contributed by atoms with Gasteiger partial charge in [0.15, 0.2) is 0 Å². The Balaban J connectivity index is 1.70. The molecule has 0 spiro atoms. The Bertz CT molecular complexity index is 961. The molecule has 2 aromatic rings. The highest BCUT2D eigenvalue weighted by Crippen LogP contribution is 2.24. The van der Waals surface area contributed by atoms with Gasteiger partial charge in [-0.25, -0.2) is 13.2 Å². The summed E-state index contributed by atoms with van der Waals surface area (Å²) in [4.78, 5) is 13.6. The number of rotatable bonds is 5. The van der Waals surface area contributed by atoms with Crippen LogP contribution in [-0.2, 0) is 14.8 Å². The van der Waals surface area contributed by atoms with Gasteiger partial charge in [0.1, 0.15) is 6.04 Å². The summed E-state index contributed by atoms with van der Waals surface area (Å²) in [5.74, 6) is -0.513. The summed E-state index contributed by atoms with van der Waals surface area (Å²) in [6.07, 6.45) is 0. The predicted octanol–water partition coefficient (Wildman–Crippen LogP) is 2.04. The Morgan fingerprint density at radius 3 is 2.18 bits per heavy atom. The van der Waals surface area contributed by atoms with Gasteiger partial charge >= 0.3 is 5.97 Å². The number of carbonyl (C=O) groups excluding carboxylic acids is 1. The zero-order valence-electron chi connectivity index (χ0n) is 15.5. The van der Waals surface area contributed by atoms with Gasteiger partial charge in [-0.3, -0.25) is 4.90 Å². The van der Waals surface area contributed by atoms with Gasteiger partial charge < -0.3 is 4.74 Å². The van der Waals surface area contributed by atoms with Gasteiger partial charge in [-0.15, -0.1) is 0 Å². The number of ether oxygens (including phenoxy) is 1. The van der Waals surface area contributed by atoms with Crippen molar-refractivity contribution in [2.75, 3.05) is 33.3 Å². The second kappa shape index (κ2) is 8.52. The van der Waals surface area contributed by atoms with Gasteiger partial charge in [0.25, 0.3) is 0 Å². The van der Waals surface area contributed by atoms with E-state index in [0.29, 0.717) is 31.7 Å². The van der Waals surface area contributed by atoms with Crippen LogP contribution in [0.1, 0.15) is 22.0 Å². The molecule has 28 heavy (non-hydrogen) atoms. The van der Waals surface area contributed by atoms with E-state index in [-0.39, 0.29) is 4.90 Å². The molecule has 8 heteroatoms. The average Bonchev–Trinajstić information content (AvgIpc) is 2.75. The number of esters is 1. The lowest BCUT2D eigenvalue weighted by atomic mass is 10.1. The van der Waals surface area contributed by atoms with E-state index < -0.39 is 22.0 Å². The Kier molecular flexibility index (Phi) is 6.09. The summed E-state index contributed by atoms with van der Waals surface area (Å²) in [5, 5.41) is 9.57. The molecule has 0 bridgehead atoms. The lowest BCUT2D eigenvalue weighted by molar-refractivity contribution is 0.0600. The number of sulfonamides is 1. The van der Waals surface area contributed by atoms with Crippen LogP contribution in [0.5, 0.6) is 0 Å². The second-order valence-electron chi connectivity index (χ2n) is 6.40. The molecule has 1 unspecified atom stereocenters. The van der Waals surface area contributed by atoms with Crippen LogP contribution in [0, 0.1) is 11.3 Å². The van der Waals surface area contributed by atoms with Crippen molar-refractivity contribution in [2.45, 2.75) is 10.9 Å². The van der Waals surface area contributed by atoms with Crippen molar-refractivity contribution in [3.05, 3.63) is 65.7 Å². The summed E-state index contributed by atoms with van der Waals surface area (Å²) >= 11 is 0. The van der Waals surface area contributed by atoms with Crippen molar-refractivity contribution in [2.24, 2.45) is 0 Å². The molecule has 2 aromatic carbocycles. The highest BCUT2D eigenvalue weighted by atomic mass is 32.2. The zero-order chi connectivity index (χ0) is 20.1. The van der Waals surface area contributed by atoms with Crippen LogP contribution in [0.2, 0.25) is 0 Å². The number of nitrogens with zero attached hydrogens (tertiary/aromatic N) is 3. The molecule has 146 valence electrons. The summed E-state index contributed by atoms with van der Waals surface area (Å²) in [6, 6.07) is 17.1. The number of piperazine rings is 1. The molecule has 0 aromatic heterocycles. The largest absolute Gasteiger partial charge is 0.465 e. The highest BCUT2D eigenvalue weighted by molar-refractivity contribution is 7.89. The third-order valence-electron chi connectivity index (χ3n) is 4.79. The summed E-state index contributed by atoms with van der Waals surface area (Å²) in [6.45, 7) is 1.53. The first-order valence-corrected chi connectivity index (χ1v) is 10.3. The monoisotopic (exact) mass is 399 g/mol. The SMILES string of the molecule is COC(=O)c1ccc(S(=O)(=O)N2CCN(C(C#N)c3ccccc3)CC2)cc1. The lowest BCUT2D eigenvalue weighted by Crippen LogP contribution is -2.49. The second-order valence-corrected chi connectivity index (χ2v) is 8.34. The first kappa shape index (κ1) is 20.0. The molecular weight excluding hydrogens is 378 g/mol. The molecule has 1 aliphatic rings. The number of carbonyl (C=O) groups is 1. The molecule has 0 saturated carbocycles. The number of hydrogen-bond acceptors (Lipinski definition) is 6. The standard InChI is InChI=1S/C20H21N3O4S/c1-27-20(24)17-7-9-18(10-8-17)28(25,26)23-13-11-22(12-14-23)19(15-21)16-5-3-2-4-6-16/h2-10,19H,11-14H2,1H3. The van der Waals surface area contributed by atoms with Crippen LogP contribution < -0.4 is 0 Å². The minimum absolute atomic E-state index is 0.133. The molecule has 1 saturated heterocycles. The normalized spacial score (nSPS) is 16.9. The fraction of sp³-hybridized carbons (Fsp3) is 0.300. The predicted molar refractivity (Wildman–Crippen MR) is 103 cm³/mol. The maximum Gasteiger partial charge on any atom is 0.337 e. The molecule has 7 nitrogen and oxygen atoms in total. The van der Waals surface area contributed by atoms with Crippen molar-refractivity contribution in [1.29, 1.82) is 5.26 Å². The summed E-state index contributed by atoms with van der Waals surface area (Å²) in [5.41, 5.74) is 1.20. The minimum atomic E-state index is -3.66. The van der Waals surface area contributed by atoms with Crippen molar-refractivity contribution in [1.82, 2.24) is 9.21 Å². The van der Waals surface area contributed by atoms with E-state index in [1.807, 2.05) is 35.2 Å². The smallest absolute Gasteiger partial charge is 0.337 e. The van der Waals surface area contributed by atoms with Crippen molar-refractivity contribution >= 4 is 16.0 Å². The van der Waals surface area contributed by atoms with E-state index in [1.165, 1.54) is 35.7 Å². The van der Waals surface area contributed by atoms with Crippen LogP contribution in [0.15, 0.2) is 59.5 Å².